The summed E-state index contributed by atoms with van der Waals surface area (Å²) in [5, 5.41) is 14.3. The van der Waals surface area contributed by atoms with Crippen molar-refractivity contribution in [2.75, 3.05) is 39.3 Å². The number of benzene rings is 1. The van der Waals surface area contributed by atoms with E-state index in [0.717, 1.165) is 44.7 Å². The fourth-order valence-electron chi connectivity index (χ4n) is 3.28. The van der Waals surface area contributed by atoms with E-state index in [4.69, 9.17) is 0 Å². The van der Waals surface area contributed by atoms with E-state index in [0.29, 0.717) is 19.1 Å². The van der Waals surface area contributed by atoms with Gasteiger partial charge in [0.2, 0.25) is 0 Å². The molecule has 2 fully saturated rings. The SMILES string of the molecule is O=C(c1ccc(F)cc1[N+](=O)[O-])N1CCC(N2CCNCC2)C1. The van der Waals surface area contributed by atoms with Crippen LogP contribution >= 0.6 is 0 Å². The highest BCUT2D eigenvalue weighted by Crippen LogP contribution is 2.24. The van der Waals surface area contributed by atoms with Crippen LogP contribution in [-0.2, 0) is 0 Å². The number of likely N-dealkylation sites (tertiary alicyclic amines) is 1. The van der Waals surface area contributed by atoms with Gasteiger partial charge in [-0.2, -0.15) is 0 Å². The van der Waals surface area contributed by atoms with Crippen LogP contribution in [0.2, 0.25) is 0 Å². The maximum Gasteiger partial charge on any atom is 0.285 e. The molecule has 1 amide bonds. The average molecular weight is 322 g/mol. The third kappa shape index (κ3) is 3.32. The minimum Gasteiger partial charge on any atom is -0.337 e. The van der Waals surface area contributed by atoms with Crippen LogP contribution in [0.4, 0.5) is 10.1 Å². The molecule has 3 rings (SSSR count). The number of nitrogens with one attached hydrogen (secondary N) is 1. The monoisotopic (exact) mass is 322 g/mol. The highest BCUT2D eigenvalue weighted by Gasteiger charge is 2.33. The largest absolute Gasteiger partial charge is 0.337 e. The van der Waals surface area contributed by atoms with Crippen LogP contribution in [0.25, 0.3) is 0 Å². The maximum absolute atomic E-state index is 13.2. The summed E-state index contributed by atoms with van der Waals surface area (Å²) < 4.78 is 13.2. The number of carbonyl (C=O) groups is 1. The second-order valence-electron chi connectivity index (χ2n) is 5.90. The van der Waals surface area contributed by atoms with Crippen LogP contribution in [0.5, 0.6) is 0 Å². The van der Waals surface area contributed by atoms with Gasteiger partial charge in [-0.25, -0.2) is 4.39 Å². The molecule has 2 saturated heterocycles. The van der Waals surface area contributed by atoms with E-state index in [-0.39, 0.29) is 5.56 Å². The highest BCUT2D eigenvalue weighted by molar-refractivity contribution is 5.98. The Morgan fingerprint density at radius 2 is 2.04 bits per heavy atom. The summed E-state index contributed by atoms with van der Waals surface area (Å²) in [6.07, 6.45) is 0.862. The van der Waals surface area contributed by atoms with Crippen molar-refractivity contribution < 1.29 is 14.1 Å². The van der Waals surface area contributed by atoms with Crippen molar-refractivity contribution in [3.8, 4) is 0 Å². The zero-order valence-electron chi connectivity index (χ0n) is 12.7. The van der Waals surface area contributed by atoms with Gasteiger partial charge in [-0.1, -0.05) is 0 Å². The van der Waals surface area contributed by atoms with E-state index >= 15 is 0 Å². The van der Waals surface area contributed by atoms with E-state index < -0.39 is 22.3 Å². The van der Waals surface area contributed by atoms with Crippen LogP contribution in [0.15, 0.2) is 18.2 Å². The minimum absolute atomic E-state index is 0.0441. The Balaban J connectivity index is 1.73. The molecule has 0 spiro atoms. The van der Waals surface area contributed by atoms with Gasteiger partial charge in [0.15, 0.2) is 0 Å². The standard InChI is InChI=1S/C15H19FN4O3/c16-11-1-2-13(14(9-11)20(22)23)15(21)19-6-3-12(10-19)18-7-4-17-5-8-18/h1-2,9,12,17H,3-8,10H2. The highest BCUT2D eigenvalue weighted by atomic mass is 19.1. The van der Waals surface area contributed by atoms with Crippen LogP contribution in [-0.4, -0.2) is 65.9 Å². The normalized spacial score (nSPS) is 22.3. The predicted octanol–water partition coefficient (Wildman–Crippen LogP) is 0.854. The number of carbonyl (C=O) groups excluding carboxylic acids is 1. The van der Waals surface area contributed by atoms with E-state index in [1.165, 1.54) is 6.07 Å². The van der Waals surface area contributed by atoms with Crippen molar-refractivity contribution >= 4 is 11.6 Å². The number of halogens is 1. The van der Waals surface area contributed by atoms with Gasteiger partial charge in [-0.15, -0.1) is 0 Å². The Labute approximate surface area is 133 Å². The molecule has 1 aromatic carbocycles. The smallest absolute Gasteiger partial charge is 0.285 e. The van der Waals surface area contributed by atoms with Gasteiger partial charge < -0.3 is 10.2 Å². The molecule has 0 aliphatic carbocycles. The number of rotatable bonds is 3. The van der Waals surface area contributed by atoms with Gasteiger partial charge in [0, 0.05) is 45.3 Å². The van der Waals surface area contributed by atoms with Crippen molar-refractivity contribution in [3.63, 3.8) is 0 Å². The van der Waals surface area contributed by atoms with Gasteiger partial charge in [-0.05, 0) is 18.6 Å². The van der Waals surface area contributed by atoms with Crippen molar-refractivity contribution in [1.29, 1.82) is 0 Å². The molecule has 7 nitrogen and oxygen atoms in total. The fourth-order valence-corrected chi connectivity index (χ4v) is 3.28. The molecule has 2 aliphatic rings. The van der Waals surface area contributed by atoms with Gasteiger partial charge in [0.05, 0.1) is 11.0 Å². The zero-order chi connectivity index (χ0) is 16.4. The predicted molar refractivity (Wildman–Crippen MR) is 81.8 cm³/mol. The second-order valence-corrected chi connectivity index (χ2v) is 5.90. The molecule has 2 heterocycles. The molecule has 1 N–H and O–H groups in total. The Morgan fingerprint density at radius 3 is 2.74 bits per heavy atom. The van der Waals surface area contributed by atoms with Crippen LogP contribution in [0.3, 0.4) is 0 Å². The van der Waals surface area contributed by atoms with Gasteiger partial charge in [-0.3, -0.25) is 19.8 Å². The molecule has 0 saturated carbocycles. The molecule has 0 radical (unpaired) electrons. The molecular weight excluding hydrogens is 303 g/mol. The number of nitro benzene ring substituents is 1. The molecule has 1 atom stereocenters. The number of amides is 1. The number of nitro groups is 1. The quantitative estimate of drug-likeness (QED) is 0.659. The lowest BCUT2D eigenvalue weighted by atomic mass is 10.1. The first-order chi connectivity index (χ1) is 11.1. The number of hydrogen-bond acceptors (Lipinski definition) is 5. The molecule has 8 heteroatoms. The third-order valence-corrected chi connectivity index (χ3v) is 4.51. The Hall–Kier alpha value is -2.06. The topological polar surface area (TPSA) is 78.7 Å². The van der Waals surface area contributed by atoms with Gasteiger partial charge in [0.25, 0.3) is 11.6 Å². The first-order valence-corrected chi connectivity index (χ1v) is 7.74. The second kappa shape index (κ2) is 6.59. The van der Waals surface area contributed by atoms with Crippen molar-refractivity contribution in [2.24, 2.45) is 0 Å². The van der Waals surface area contributed by atoms with E-state index in [1.54, 1.807) is 4.90 Å². The first kappa shape index (κ1) is 15.8. The van der Waals surface area contributed by atoms with Crippen LogP contribution < -0.4 is 5.32 Å². The summed E-state index contributed by atoms with van der Waals surface area (Å²) in [5.41, 5.74) is -0.516. The van der Waals surface area contributed by atoms with E-state index in [2.05, 4.69) is 10.2 Å². The Kier molecular flexibility index (Phi) is 4.53. The molecule has 23 heavy (non-hydrogen) atoms. The molecule has 1 aromatic rings. The van der Waals surface area contributed by atoms with Crippen molar-refractivity contribution in [3.05, 3.63) is 39.7 Å². The molecule has 1 unspecified atom stereocenters. The van der Waals surface area contributed by atoms with Crippen molar-refractivity contribution in [2.45, 2.75) is 12.5 Å². The molecule has 0 aromatic heterocycles. The van der Waals surface area contributed by atoms with E-state index in [1.807, 2.05) is 0 Å². The molecule has 124 valence electrons. The lowest BCUT2D eigenvalue weighted by molar-refractivity contribution is -0.385. The maximum atomic E-state index is 13.2. The molecular formula is C15H19FN4O3. The van der Waals surface area contributed by atoms with E-state index in [9.17, 15) is 19.3 Å². The summed E-state index contributed by atoms with van der Waals surface area (Å²) in [7, 11) is 0. The van der Waals surface area contributed by atoms with Crippen LogP contribution in [0.1, 0.15) is 16.8 Å². The molecule has 2 aliphatic heterocycles. The number of hydrogen-bond donors (Lipinski definition) is 1. The Morgan fingerprint density at radius 1 is 1.30 bits per heavy atom. The molecule has 0 bridgehead atoms. The van der Waals surface area contributed by atoms with Gasteiger partial charge >= 0.3 is 0 Å². The number of nitrogens with zero attached hydrogens (tertiary/aromatic N) is 3. The first-order valence-electron chi connectivity index (χ1n) is 7.74. The van der Waals surface area contributed by atoms with Gasteiger partial charge in [0.1, 0.15) is 11.4 Å². The minimum atomic E-state index is -0.714. The summed E-state index contributed by atoms with van der Waals surface area (Å²) in [6, 6.07) is 3.38. The lowest BCUT2D eigenvalue weighted by Gasteiger charge is -2.32. The lowest BCUT2D eigenvalue weighted by Crippen LogP contribution is -2.49. The summed E-state index contributed by atoms with van der Waals surface area (Å²) >= 11 is 0. The number of piperazine rings is 1. The third-order valence-electron chi connectivity index (χ3n) is 4.51. The Bertz CT molecular complexity index is 619. The summed E-state index contributed by atoms with van der Waals surface area (Å²) in [5.74, 6) is -1.11. The average Bonchev–Trinajstić information content (AvgIpc) is 3.05. The fraction of sp³-hybridized carbons (Fsp3) is 0.533. The van der Waals surface area contributed by atoms with Crippen molar-refractivity contribution in [1.82, 2.24) is 15.1 Å². The summed E-state index contributed by atoms with van der Waals surface area (Å²) in [6.45, 7) is 4.91. The zero-order valence-corrected chi connectivity index (χ0v) is 12.7. The summed E-state index contributed by atoms with van der Waals surface area (Å²) in [4.78, 5) is 26.9. The van der Waals surface area contributed by atoms with Crippen LogP contribution in [0, 0.1) is 15.9 Å².